The second kappa shape index (κ2) is 11.8. The largest absolute Gasteiger partial charge is 0.493 e. The average molecular weight is 486 g/mol. The number of ether oxygens (including phenoxy) is 2. The minimum absolute atomic E-state index is 0.109. The topological polar surface area (TPSA) is 144 Å². The van der Waals surface area contributed by atoms with E-state index in [-0.39, 0.29) is 35.1 Å². The van der Waals surface area contributed by atoms with Crippen molar-refractivity contribution >= 4 is 35.0 Å². The lowest BCUT2D eigenvalue weighted by atomic mass is 10.1. The van der Waals surface area contributed by atoms with Gasteiger partial charge >= 0.3 is 0 Å². The molecule has 0 saturated heterocycles. The van der Waals surface area contributed by atoms with Crippen LogP contribution in [0.25, 0.3) is 6.08 Å². The Kier molecular flexibility index (Phi) is 8.35. The summed E-state index contributed by atoms with van der Waals surface area (Å²) in [4.78, 5) is 35.0. The molecule has 0 saturated carbocycles. The molecule has 0 bridgehead atoms. The molecule has 0 fully saturated rings. The van der Waals surface area contributed by atoms with E-state index in [9.17, 15) is 25.0 Å². The summed E-state index contributed by atoms with van der Waals surface area (Å²) in [6, 6.07) is 19.3. The molecule has 0 radical (unpaired) electrons. The highest BCUT2D eigenvalue weighted by atomic mass is 16.6. The predicted molar refractivity (Wildman–Crippen MR) is 134 cm³/mol. The first-order valence-electron chi connectivity index (χ1n) is 10.6. The second-order valence-corrected chi connectivity index (χ2v) is 7.54. The monoisotopic (exact) mass is 486 g/mol. The molecule has 2 amide bonds. The zero-order chi connectivity index (χ0) is 26.1. The third-order valence-electron chi connectivity index (χ3n) is 4.87. The van der Waals surface area contributed by atoms with Gasteiger partial charge in [0.1, 0.15) is 11.6 Å². The number of amides is 2. The number of benzene rings is 3. The Morgan fingerprint density at radius 2 is 1.78 bits per heavy atom. The molecule has 0 aliphatic heterocycles. The van der Waals surface area contributed by atoms with Gasteiger partial charge in [-0.05, 0) is 48.9 Å². The summed E-state index contributed by atoms with van der Waals surface area (Å²) in [5.74, 6) is -0.547. The van der Waals surface area contributed by atoms with Gasteiger partial charge in [0.05, 0.1) is 12.0 Å². The summed E-state index contributed by atoms with van der Waals surface area (Å²) in [5, 5.41) is 25.5. The zero-order valence-electron chi connectivity index (χ0n) is 19.5. The van der Waals surface area contributed by atoms with Crippen molar-refractivity contribution in [3.05, 3.63) is 93.5 Å². The lowest BCUT2D eigenvalue weighted by molar-refractivity contribution is -0.384. The van der Waals surface area contributed by atoms with Crippen molar-refractivity contribution in [3.8, 4) is 17.6 Å². The lowest BCUT2D eigenvalue weighted by Crippen LogP contribution is -2.20. The maximum Gasteiger partial charge on any atom is 0.271 e. The lowest BCUT2D eigenvalue weighted by Gasteiger charge is -2.12. The minimum Gasteiger partial charge on any atom is -0.493 e. The molecule has 36 heavy (non-hydrogen) atoms. The highest BCUT2D eigenvalue weighted by Gasteiger charge is 2.13. The van der Waals surface area contributed by atoms with Crippen LogP contribution in [-0.2, 0) is 9.59 Å². The fourth-order valence-corrected chi connectivity index (χ4v) is 3.08. The highest BCUT2D eigenvalue weighted by Crippen LogP contribution is 2.29. The Bertz CT molecular complexity index is 1360. The van der Waals surface area contributed by atoms with E-state index in [1.165, 1.54) is 43.5 Å². The number of non-ortho nitro benzene ring substituents is 1. The number of carbonyl (C=O) groups is 2. The summed E-state index contributed by atoms with van der Waals surface area (Å²) in [6.07, 6.45) is 1.41. The molecule has 3 aromatic rings. The first-order chi connectivity index (χ1) is 17.3. The quantitative estimate of drug-likeness (QED) is 0.196. The molecule has 0 aliphatic rings. The summed E-state index contributed by atoms with van der Waals surface area (Å²) >= 11 is 0. The van der Waals surface area contributed by atoms with Gasteiger partial charge < -0.3 is 20.1 Å². The molecule has 0 unspecified atom stereocenters. The average Bonchev–Trinajstić information content (AvgIpc) is 2.87. The SMILES string of the molecule is COc1cc(/C=C(/C#N)C(=O)Nc2ccc(C)cc2)ccc1OCC(=O)Nc1cccc([N+](=O)[O-])c1. The summed E-state index contributed by atoms with van der Waals surface area (Å²) in [6.45, 7) is 1.55. The van der Waals surface area contributed by atoms with Crippen molar-refractivity contribution in [3.63, 3.8) is 0 Å². The van der Waals surface area contributed by atoms with Gasteiger partial charge in [-0.3, -0.25) is 19.7 Å². The number of rotatable bonds is 9. The van der Waals surface area contributed by atoms with E-state index in [1.807, 2.05) is 25.1 Å². The first kappa shape index (κ1) is 25.5. The van der Waals surface area contributed by atoms with Crippen molar-refractivity contribution in [2.75, 3.05) is 24.4 Å². The van der Waals surface area contributed by atoms with Gasteiger partial charge in [0.15, 0.2) is 18.1 Å². The second-order valence-electron chi connectivity index (χ2n) is 7.54. The van der Waals surface area contributed by atoms with Crippen molar-refractivity contribution in [2.24, 2.45) is 0 Å². The third kappa shape index (κ3) is 6.91. The molecule has 3 aromatic carbocycles. The van der Waals surface area contributed by atoms with Crippen LogP contribution in [-0.4, -0.2) is 30.5 Å². The van der Waals surface area contributed by atoms with Gasteiger partial charge in [-0.1, -0.05) is 29.8 Å². The van der Waals surface area contributed by atoms with Crippen LogP contribution in [0.3, 0.4) is 0 Å². The molecule has 0 heterocycles. The molecule has 0 spiro atoms. The van der Waals surface area contributed by atoms with E-state index < -0.39 is 16.7 Å². The number of carbonyl (C=O) groups excluding carboxylic acids is 2. The van der Waals surface area contributed by atoms with Gasteiger partial charge in [-0.25, -0.2) is 0 Å². The van der Waals surface area contributed by atoms with Crippen molar-refractivity contribution in [2.45, 2.75) is 6.92 Å². The van der Waals surface area contributed by atoms with Gasteiger partial charge in [0.25, 0.3) is 17.5 Å². The Balaban J connectivity index is 1.66. The Morgan fingerprint density at radius 1 is 1.03 bits per heavy atom. The summed E-state index contributed by atoms with van der Waals surface area (Å²) in [7, 11) is 1.41. The number of nitrogens with one attached hydrogen (secondary N) is 2. The highest BCUT2D eigenvalue weighted by molar-refractivity contribution is 6.09. The number of anilines is 2. The van der Waals surface area contributed by atoms with Crippen molar-refractivity contribution in [1.29, 1.82) is 5.26 Å². The number of hydrogen-bond donors (Lipinski definition) is 2. The molecule has 182 valence electrons. The molecule has 0 aliphatic carbocycles. The van der Waals surface area contributed by atoms with Gasteiger partial charge in [-0.2, -0.15) is 5.26 Å². The first-order valence-corrected chi connectivity index (χ1v) is 10.6. The standard InChI is InChI=1S/C26H22N4O6/c1-17-6-9-20(10-7-17)29-26(32)19(15-27)12-18-8-11-23(24(13-18)35-2)36-16-25(31)28-21-4-3-5-22(14-21)30(33)34/h3-14H,16H2,1-2H3,(H,28,31)(H,29,32)/b19-12-. The Labute approximate surface area is 206 Å². The zero-order valence-corrected chi connectivity index (χ0v) is 19.5. The van der Waals surface area contributed by atoms with Crippen LogP contribution in [0.15, 0.2) is 72.3 Å². The molecular weight excluding hydrogens is 464 g/mol. The van der Waals surface area contributed by atoms with Crippen LogP contribution >= 0.6 is 0 Å². The van der Waals surface area contributed by atoms with E-state index in [1.54, 1.807) is 24.3 Å². The van der Waals surface area contributed by atoms with Crippen LogP contribution in [0.4, 0.5) is 17.1 Å². The predicted octanol–water partition coefficient (Wildman–Crippen LogP) is 4.48. The fourth-order valence-electron chi connectivity index (χ4n) is 3.08. The number of aryl methyl sites for hydroxylation is 1. The Hall–Kier alpha value is -5.17. The maximum atomic E-state index is 12.5. The summed E-state index contributed by atoms with van der Waals surface area (Å²) < 4.78 is 10.8. The van der Waals surface area contributed by atoms with Crippen LogP contribution in [0.2, 0.25) is 0 Å². The van der Waals surface area contributed by atoms with E-state index in [0.29, 0.717) is 11.3 Å². The van der Waals surface area contributed by atoms with Crippen LogP contribution < -0.4 is 20.1 Å². The Morgan fingerprint density at radius 3 is 2.44 bits per heavy atom. The molecule has 0 aromatic heterocycles. The fraction of sp³-hybridized carbons (Fsp3) is 0.115. The van der Waals surface area contributed by atoms with E-state index in [4.69, 9.17) is 9.47 Å². The van der Waals surface area contributed by atoms with Crippen molar-refractivity contribution in [1.82, 2.24) is 0 Å². The van der Waals surface area contributed by atoms with Crippen molar-refractivity contribution < 1.29 is 24.0 Å². The normalized spacial score (nSPS) is 10.6. The number of nitrogens with zero attached hydrogens (tertiary/aromatic N) is 2. The molecular formula is C26H22N4O6. The van der Waals surface area contributed by atoms with Gasteiger partial charge in [0, 0.05) is 23.5 Å². The van der Waals surface area contributed by atoms with E-state index in [2.05, 4.69) is 10.6 Å². The molecule has 3 rings (SSSR count). The smallest absolute Gasteiger partial charge is 0.271 e. The number of hydrogen-bond acceptors (Lipinski definition) is 7. The van der Waals surface area contributed by atoms with Crippen LogP contribution in [0.5, 0.6) is 11.5 Å². The van der Waals surface area contributed by atoms with Crippen LogP contribution in [0.1, 0.15) is 11.1 Å². The van der Waals surface area contributed by atoms with Gasteiger partial charge in [-0.15, -0.1) is 0 Å². The number of methoxy groups -OCH3 is 1. The van der Waals surface area contributed by atoms with Crippen LogP contribution in [0, 0.1) is 28.4 Å². The molecule has 10 heteroatoms. The maximum absolute atomic E-state index is 12.5. The molecule has 10 nitrogen and oxygen atoms in total. The van der Waals surface area contributed by atoms with Gasteiger partial charge in [0.2, 0.25) is 0 Å². The number of nitriles is 1. The molecule has 0 atom stereocenters. The number of nitro groups is 1. The third-order valence-corrected chi connectivity index (χ3v) is 4.87. The molecule has 2 N–H and O–H groups in total. The van der Waals surface area contributed by atoms with E-state index >= 15 is 0 Å². The van der Waals surface area contributed by atoms with E-state index in [0.717, 1.165) is 5.56 Å². The summed E-state index contributed by atoms with van der Waals surface area (Å²) in [5.41, 5.74) is 2.12. The number of nitro benzene ring substituents is 1. The minimum atomic E-state index is -0.559.